The van der Waals surface area contributed by atoms with Crippen LogP contribution in [0.3, 0.4) is 0 Å². The molecular weight excluding hydrogens is 262 g/mol. The maximum Gasteiger partial charge on any atom is 0.337 e. The predicted molar refractivity (Wildman–Crippen MR) is 74.9 cm³/mol. The normalized spacial score (nSPS) is 10.2. The van der Waals surface area contributed by atoms with E-state index in [2.05, 4.69) is 0 Å². The average molecular weight is 275 g/mol. The third-order valence-electron chi connectivity index (χ3n) is 2.55. The van der Waals surface area contributed by atoms with Gasteiger partial charge in [-0.25, -0.2) is 4.79 Å². The lowest BCUT2D eigenvalue weighted by Crippen LogP contribution is -2.01. The minimum Gasteiger partial charge on any atom is -0.497 e. The number of methoxy groups -OCH3 is 1. The van der Waals surface area contributed by atoms with Crippen molar-refractivity contribution in [1.29, 1.82) is 0 Å². The number of benzene rings is 2. The lowest BCUT2D eigenvalue weighted by molar-refractivity contribution is 0.0698. The summed E-state index contributed by atoms with van der Waals surface area (Å²) in [5, 5.41) is 8.90. The van der Waals surface area contributed by atoms with Crippen molar-refractivity contribution in [1.82, 2.24) is 0 Å². The van der Waals surface area contributed by atoms with Gasteiger partial charge in [0.1, 0.15) is 5.75 Å². The van der Waals surface area contributed by atoms with Crippen LogP contribution in [0.15, 0.2) is 52.3 Å². The van der Waals surface area contributed by atoms with Crippen LogP contribution in [0.1, 0.15) is 10.4 Å². The highest BCUT2D eigenvalue weighted by molar-refractivity contribution is 7.99. The van der Waals surface area contributed by atoms with Gasteiger partial charge in [0.05, 0.1) is 12.7 Å². The number of hydrogen-bond acceptors (Lipinski definition) is 4. The monoisotopic (exact) mass is 275 g/mol. The fourth-order valence-corrected chi connectivity index (χ4v) is 2.45. The first-order valence-electron chi connectivity index (χ1n) is 5.55. The molecule has 0 saturated heterocycles. The van der Waals surface area contributed by atoms with Crippen LogP contribution in [0, 0.1) is 0 Å². The van der Waals surface area contributed by atoms with Gasteiger partial charge in [-0.05, 0) is 42.5 Å². The van der Waals surface area contributed by atoms with Gasteiger partial charge in [-0.2, -0.15) is 0 Å². The molecular formula is C14H13NO3S. The van der Waals surface area contributed by atoms with Crippen molar-refractivity contribution < 1.29 is 14.6 Å². The lowest BCUT2D eigenvalue weighted by atomic mass is 10.2. The van der Waals surface area contributed by atoms with Crippen LogP contribution >= 0.6 is 11.8 Å². The zero-order valence-electron chi connectivity index (χ0n) is 10.3. The van der Waals surface area contributed by atoms with Crippen LogP contribution in [-0.4, -0.2) is 18.2 Å². The second-order valence-corrected chi connectivity index (χ2v) is 4.98. The molecule has 0 saturated carbocycles. The van der Waals surface area contributed by atoms with E-state index in [1.807, 2.05) is 24.3 Å². The van der Waals surface area contributed by atoms with Gasteiger partial charge in [0.2, 0.25) is 0 Å². The van der Waals surface area contributed by atoms with E-state index >= 15 is 0 Å². The summed E-state index contributed by atoms with van der Waals surface area (Å²) < 4.78 is 5.09. The molecule has 98 valence electrons. The van der Waals surface area contributed by atoms with Crippen LogP contribution < -0.4 is 10.5 Å². The number of hydrogen-bond donors (Lipinski definition) is 2. The molecule has 0 aliphatic rings. The van der Waals surface area contributed by atoms with Gasteiger partial charge in [-0.3, -0.25) is 0 Å². The molecule has 0 atom stereocenters. The van der Waals surface area contributed by atoms with Crippen molar-refractivity contribution >= 4 is 23.4 Å². The van der Waals surface area contributed by atoms with Gasteiger partial charge in [0.15, 0.2) is 0 Å². The van der Waals surface area contributed by atoms with E-state index in [4.69, 9.17) is 15.6 Å². The summed E-state index contributed by atoms with van der Waals surface area (Å²) in [6, 6.07) is 12.5. The van der Waals surface area contributed by atoms with Crippen LogP contribution in [0.5, 0.6) is 5.75 Å². The second-order valence-electron chi connectivity index (χ2n) is 3.83. The van der Waals surface area contributed by atoms with Gasteiger partial charge < -0.3 is 15.6 Å². The zero-order chi connectivity index (χ0) is 13.8. The standard InChI is InChI=1S/C14H13NO3S/c1-18-9-2-4-10(5-3-9)19-11-6-7-12(14(16)17)13(15)8-11/h2-8H,15H2,1H3,(H,16,17). The fourth-order valence-electron chi connectivity index (χ4n) is 1.58. The van der Waals surface area contributed by atoms with Crippen LogP contribution in [0.2, 0.25) is 0 Å². The third kappa shape index (κ3) is 3.20. The molecule has 5 heteroatoms. The number of nitrogen functional groups attached to an aromatic ring is 1. The fraction of sp³-hybridized carbons (Fsp3) is 0.0714. The van der Waals surface area contributed by atoms with E-state index < -0.39 is 5.97 Å². The highest BCUT2D eigenvalue weighted by Crippen LogP contribution is 2.31. The SMILES string of the molecule is COc1ccc(Sc2ccc(C(=O)O)c(N)c2)cc1. The topological polar surface area (TPSA) is 72.5 Å². The Morgan fingerprint density at radius 2 is 1.79 bits per heavy atom. The zero-order valence-corrected chi connectivity index (χ0v) is 11.1. The minimum absolute atomic E-state index is 0.124. The molecule has 4 nitrogen and oxygen atoms in total. The molecule has 2 aromatic rings. The number of rotatable bonds is 4. The predicted octanol–water partition coefficient (Wildman–Crippen LogP) is 3.13. The molecule has 0 fully saturated rings. The molecule has 0 heterocycles. The maximum atomic E-state index is 10.9. The number of nitrogens with two attached hydrogens (primary N) is 1. The van der Waals surface area contributed by atoms with E-state index in [0.717, 1.165) is 15.5 Å². The van der Waals surface area contributed by atoms with Crippen LogP contribution in [-0.2, 0) is 0 Å². The molecule has 0 unspecified atom stereocenters. The molecule has 0 amide bonds. The summed E-state index contributed by atoms with van der Waals surface area (Å²) >= 11 is 1.51. The highest BCUT2D eigenvalue weighted by Gasteiger charge is 2.08. The Kier molecular flexibility index (Phi) is 3.97. The summed E-state index contributed by atoms with van der Waals surface area (Å²) in [4.78, 5) is 12.8. The summed E-state index contributed by atoms with van der Waals surface area (Å²) in [6.07, 6.45) is 0. The van der Waals surface area contributed by atoms with Crippen molar-refractivity contribution in [2.45, 2.75) is 9.79 Å². The van der Waals surface area contributed by atoms with Gasteiger partial charge in [0.25, 0.3) is 0 Å². The molecule has 0 aromatic heterocycles. The van der Waals surface area contributed by atoms with Crippen LogP contribution in [0.25, 0.3) is 0 Å². The number of anilines is 1. The summed E-state index contributed by atoms with van der Waals surface area (Å²) in [6.45, 7) is 0. The number of carbonyl (C=O) groups is 1. The van der Waals surface area contributed by atoms with E-state index in [9.17, 15) is 4.79 Å². The molecule has 0 spiro atoms. The Labute approximate surface area is 115 Å². The minimum atomic E-state index is -1.02. The van der Waals surface area contributed by atoms with E-state index in [-0.39, 0.29) is 11.3 Å². The third-order valence-corrected chi connectivity index (χ3v) is 3.55. The summed E-state index contributed by atoms with van der Waals surface area (Å²) in [5.41, 5.74) is 6.10. The first kappa shape index (κ1) is 13.3. The van der Waals surface area contributed by atoms with Crippen molar-refractivity contribution in [2.75, 3.05) is 12.8 Å². The summed E-state index contributed by atoms with van der Waals surface area (Å²) in [7, 11) is 1.62. The van der Waals surface area contributed by atoms with Crippen molar-refractivity contribution in [3.05, 3.63) is 48.0 Å². The molecule has 0 aliphatic carbocycles. The number of carboxylic acids is 1. The first-order chi connectivity index (χ1) is 9.10. The Balaban J connectivity index is 2.18. The first-order valence-corrected chi connectivity index (χ1v) is 6.36. The number of ether oxygens (including phenoxy) is 1. The molecule has 2 rings (SSSR count). The molecule has 3 N–H and O–H groups in total. The molecule has 19 heavy (non-hydrogen) atoms. The maximum absolute atomic E-state index is 10.9. The van der Waals surface area contributed by atoms with Crippen molar-refractivity contribution in [3.63, 3.8) is 0 Å². The van der Waals surface area contributed by atoms with Crippen molar-refractivity contribution in [3.8, 4) is 5.75 Å². The Morgan fingerprint density at radius 1 is 1.16 bits per heavy atom. The largest absolute Gasteiger partial charge is 0.497 e. The molecule has 2 aromatic carbocycles. The van der Waals surface area contributed by atoms with Gasteiger partial charge >= 0.3 is 5.97 Å². The van der Waals surface area contributed by atoms with Gasteiger partial charge in [-0.1, -0.05) is 11.8 Å². The van der Waals surface area contributed by atoms with Gasteiger partial charge in [-0.15, -0.1) is 0 Å². The van der Waals surface area contributed by atoms with E-state index in [1.165, 1.54) is 17.8 Å². The average Bonchev–Trinajstić information content (AvgIpc) is 2.39. The quantitative estimate of drug-likeness (QED) is 0.839. The molecule has 0 radical (unpaired) electrons. The second kappa shape index (κ2) is 5.67. The van der Waals surface area contributed by atoms with Crippen molar-refractivity contribution in [2.24, 2.45) is 0 Å². The smallest absolute Gasteiger partial charge is 0.337 e. The lowest BCUT2D eigenvalue weighted by Gasteiger charge is -2.06. The summed E-state index contributed by atoms with van der Waals surface area (Å²) in [5.74, 6) is -0.219. The molecule has 0 aliphatic heterocycles. The Hall–Kier alpha value is -2.14. The van der Waals surface area contributed by atoms with Gasteiger partial charge in [0, 0.05) is 15.5 Å². The van der Waals surface area contributed by atoms with Crippen LogP contribution in [0.4, 0.5) is 5.69 Å². The van der Waals surface area contributed by atoms with E-state index in [1.54, 1.807) is 19.2 Å². The van der Waals surface area contributed by atoms with E-state index in [0.29, 0.717) is 0 Å². The Bertz CT molecular complexity index is 596. The number of aromatic carboxylic acids is 1. The molecule has 0 bridgehead atoms. The Morgan fingerprint density at radius 3 is 2.32 bits per heavy atom. The highest BCUT2D eigenvalue weighted by atomic mass is 32.2. The number of carboxylic acid groups (broad SMARTS) is 1.